The van der Waals surface area contributed by atoms with Gasteiger partial charge in [0.05, 0.1) is 12.5 Å². The number of carboxylic acid groups (broad SMARTS) is 1. The molecule has 134 valence electrons. The second-order valence-corrected chi connectivity index (χ2v) is 6.37. The van der Waals surface area contributed by atoms with Gasteiger partial charge in [0.15, 0.2) is 0 Å². The van der Waals surface area contributed by atoms with Crippen molar-refractivity contribution < 1.29 is 19.4 Å². The van der Waals surface area contributed by atoms with Crippen molar-refractivity contribution in [3.8, 4) is 5.75 Å². The molecule has 1 aromatic carbocycles. The largest absolute Gasteiger partial charge is 0.494 e. The van der Waals surface area contributed by atoms with Crippen LogP contribution in [0.15, 0.2) is 24.3 Å². The van der Waals surface area contributed by atoms with Crippen LogP contribution in [0.25, 0.3) is 0 Å². The molecule has 0 radical (unpaired) electrons. The van der Waals surface area contributed by atoms with E-state index in [1.807, 2.05) is 26.2 Å². The van der Waals surface area contributed by atoms with E-state index in [4.69, 9.17) is 9.84 Å². The molecule has 0 aromatic heterocycles. The third-order valence-corrected chi connectivity index (χ3v) is 3.99. The molecule has 0 bridgehead atoms. The van der Waals surface area contributed by atoms with Crippen molar-refractivity contribution in [2.75, 3.05) is 27.2 Å². The minimum Gasteiger partial charge on any atom is -0.494 e. The van der Waals surface area contributed by atoms with E-state index in [0.29, 0.717) is 12.2 Å². The zero-order valence-electron chi connectivity index (χ0n) is 14.7. The monoisotopic (exact) mass is 335 g/mol. The number of ether oxygens (including phenoxy) is 1. The molecule has 0 unspecified atom stereocenters. The Morgan fingerprint density at radius 1 is 1.21 bits per heavy atom. The molecule has 1 aliphatic rings. The third kappa shape index (κ3) is 8.67. The summed E-state index contributed by atoms with van der Waals surface area (Å²) in [5.74, 6) is 0.188. The Kier molecular flexibility index (Phi) is 9.77. The van der Waals surface area contributed by atoms with Crippen LogP contribution in [-0.2, 0) is 4.79 Å². The van der Waals surface area contributed by atoms with E-state index >= 15 is 0 Å². The lowest BCUT2D eigenvalue weighted by Crippen LogP contribution is -2.16. The van der Waals surface area contributed by atoms with Crippen LogP contribution in [0.4, 0.5) is 0 Å². The Labute approximate surface area is 144 Å². The highest BCUT2D eigenvalue weighted by molar-refractivity contribution is 5.74. The second-order valence-electron chi connectivity index (χ2n) is 6.37. The summed E-state index contributed by atoms with van der Waals surface area (Å²) in [7, 11) is 4.08. The summed E-state index contributed by atoms with van der Waals surface area (Å²) in [4.78, 5) is 22.9. The first-order chi connectivity index (χ1) is 11.5. The smallest absolute Gasteiger partial charge is 0.306 e. The van der Waals surface area contributed by atoms with E-state index < -0.39 is 5.97 Å². The van der Waals surface area contributed by atoms with E-state index in [0.717, 1.165) is 50.7 Å². The van der Waals surface area contributed by atoms with Crippen molar-refractivity contribution in [3.63, 3.8) is 0 Å². The first kappa shape index (κ1) is 20.2. The molecule has 24 heavy (non-hydrogen) atoms. The Hall–Kier alpha value is -1.88. The Balaban J connectivity index is 0.000000272. The lowest BCUT2D eigenvalue weighted by molar-refractivity contribution is -0.142. The second kappa shape index (κ2) is 11.6. The molecular formula is C19H29NO4. The van der Waals surface area contributed by atoms with Gasteiger partial charge >= 0.3 is 5.97 Å². The van der Waals surface area contributed by atoms with Crippen LogP contribution in [-0.4, -0.2) is 49.5 Å². The molecule has 0 saturated heterocycles. The molecule has 1 saturated carbocycles. The summed E-state index contributed by atoms with van der Waals surface area (Å²) in [6, 6.07) is 7.15. The molecule has 0 aliphatic heterocycles. The predicted molar refractivity (Wildman–Crippen MR) is 94.7 cm³/mol. The summed E-state index contributed by atoms with van der Waals surface area (Å²) >= 11 is 0. The average Bonchev–Trinajstić information content (AvgIpc) is 2.60. The Morgan fingerprint density at radius 3 is 2.29 bits per heavy atom. The summed E-state index contributed by atoms with van der Waals surface area (Å²) in [5, 5.41) is 8.54. The van der Waals surface area contributed by atoms with Crippen LogP contribution < -0.4 is 4.74 Å². The Bertz CT molecular complexity index is 479. The fourth-order valence-corrected chi connectivity index (χ4v) is 2.56. The molecule has 1 fully saturated rings. The third-order valence-electron chi connectivity index (χ3n) is 3.99. The van der Waals surface area contributed by atoms with E-state index in [9.17, 15) is 9.59 Å². The van der Waals surface area contributed by atoms with Crippen LogP contribution in [0.2, 0.25) is 0 Å². The molecule has 1 aromatic rings. The predicted octanol–water partition coefficient (Wildman–Crippen LogP) is 3.48. The van der Waals surface area contributed by atoms with Crippen LogP contribution in [0.1, 0.15) is 48.9 Å². The number of hydrogen-bond donors (Lipinski definition) is 1. The summed E-state index contributed by atoms with van der Waals surface area (Å²) in [6.07, 6.45) is 7.07. The highest BCUT2D eigenvalue weighted by Crippen LogP contribution is 2.23. The number of benzene rings is 1. The van der Waals surface area contributed by atoms with Gasteiger partial charge in [0.1, 0.15) is 12.0 Å². The average molecular weight is 335 g/mol. The zero-order valence-corrected chi connectivity index (χ0v) is 14.7. The number of carboxylic acids is 1. The van der Waals surface area contributed by atoms with Crippen molar-refractivity contribution >= 4 is 12.3 Å². The normalized spacial score (nSPS) is 14.6. The molecule has 0 heterocycles. The highest BCUT2D eigenvalue weighted by Gasteiger charge is 2.19. The van der Waals surface area contributed by atoms with E-state index in [1.165, 1.54) is 6.42 Å². The molecule has 0 spiro atoms. The minimum absolute atomic E-state index is 0.0289. The van der Waals surface area contributed by atoms with Gasteiger partial charge in [-0.15, -0.1) is 0 Å². The lowest BCUT2D eigenvalue weighted by Gasteiger charge is -2.16. The molecule has 5 nitrogen and oxygen atoms in total. The van der Waals surface area contributed by atoms with Crippen LogP contribution in [0.3, 0.4) is 0 Å². The fraction of sp³-hybridized carbons (Fsp3) is 0.579. The van der Waals surface area contributed by atoms with E-state index in [2.05, 4.69) is 4.90 Å². The van der Waals surface area contributed by atoms with E-state index in [1.54, 1.807) is 12.1 Å². The van der Waals surface area contributed by atoms with Gasteiger partial charge in [-0.05, 0) is 57.6 Å². The molecule has 2 rings (SSSR count). The molecule has 5 heteroatoms. The first-order valence-corrected chi connectivity index (χ1v) is 8.58. The number of carbonyl (C=O) groups excluding carboxylic acids is 1. The first-order valence-electron chi connectivity index (χ1n) is 8.58. The quantitative estimate of drug-likeness (QED) is 0.610. The van der Waals surface area contributed by atoms with Crippen LogP contribution in [0, 0.1) is 5.92 Å². The maximum Gasteiger partial charge on any atom is 0.306 e. The molecular weight excluding hydrogens is 306 g/mol. The molecule has 0 amide bonds. The topological polar surface area (TPSA) is 66.8 Å². The van der Waals surface area contributed by atoms with Crippen molar-refractivity contribution in [1.29, 1.82) is 0 Å². The summed E-state index contributed by atoms with van der Waals surface area (Å²) < 4.78 is 5.51. The van der Waals surface area contributed by atoms with Gasteiger partial charge in [0, 0.05) is 12.1 Å². The maximum absolute atomic E-state index is 10.4. The number of aliphatic carboxylic acids is 1. The summed E-state index contributed by atoms with van der Waals surface area (Å²) in [6.45, 7) is 1.73. The minimum atomic E-state index is -0.602. The number of hydrogen-bond acceptors (Lipinski definition) is 4. The van der Waals surface area contributed by atoms with Gasteiger partial charge in [0.25, 0.3) is 0 Å². The van der Waals surface area contributed by atoms with Gasteiger partial charge in [-0.3, -0.25) is 9.59 Å². The van der Waals surface area contributed by atoms with Crippen molar-refractivity contribution in [1.82, 2.24) is 4.90 Å². The standard InChI is InChI=1S/C12H17NO2.C7H12O2/c1-13(2)8-3-9-15-12-6-4-11(10-14)5-7-12;8-7(9)6-4-2-1-3-5-6/h4-7,10H,3,8-9H2,1-2H3;6H,1-5H2,(H,8,9). The van der Waals surface area contributed by atoms with Gasteiger partial charge in [-0.25, -0.2) is 0 Å². The fourth-order valence-electron chi connectivity index (χ4n) is 2.56. The van der Waals surface area contributed by atoms with Gasteiger partial charge < -0.3 is 14.7 Å². The molecule has 1 aliphatic carbocycles. The Morgan fingerprint density at radius 2 is 1.83 bits per heavy atom. The van der Waals surface area contributed by atoms with Gasteiger partial charge in [-0.2, -0.15) is 0 Å². The number of rotatable bonds is 7. The zero-order chi connectivity index (χ0) is 17.8. The van der Waals surface area contributed by atoms with Crippen LogP contribution >= 0.6 is 0 Å². The SMILES string of the molecule is CN(C)CCCOc1ccc(C=O)cc1.O=C(O)C1CCCCC1. The highest BCUT2D eigenvalue weighted by atomic mass is 16.5. The number of carbonyl (C=O) groups is 2. The van der Waals surface area contributed by atoms with E-state index in [-0.39, 0.29) is 5.92 Å². The lowest BCUT2D eigenvalue weighted by atomic mass is 9.90. The summed E-state index contributed by atoms with van der Waals surface area (Å²) in [5.41, 5.74) is 0.677. The van der Waals surface area contributed by atoms with Crippen LogP contribution in [0.5, 0.6) is 5.75 Å². The van der Waals surface area contributed by atoms with Gasteiger partial charge in [-0.1, -0.05) is 19.3 Å². The number of nitrogens with zero attached hydrogens (tertiary/aromatic N) is 1. The van der Waals surface area contributed by atoms with Gasteiger partial charge in [0.2, 0.25) is 0 Å². The van der Waals surface area contributed by atoms with Crippen molar-refractivity contribution in [2.24, 2.45) is 5.92 Å². The maximum atomic E-state index is 10.4. The number of aldehydes is 1. The van der Waals surface area contributed by atoms with Crippen molar-refractivity contribution in [2.45, 2.75) is 38.5 Å². The van der Waals surface area contributed by atoms with Crippen molar-refractivity contribution in [3.05, 3.63) is 29.8 Å². The molecule has 1 N–H and O–H groups in total. The molecule has 0 atom stereocenters.